The van der Waals surface area contributed by atoms with Gasteiger partial charge in [-0.1, -0.05) is 26.7 Å². The summed E-state index contributed by atoms with van der Waals surface area (Å²) < 4.78 is 4.70. The summed E-state index contributed by atoms with van der Waals surface area (Å²) in [6.45, 7) is 5.94. The highest BCUT2D eigenvalue weighted by Gasteiger charge is 2.15. The number of nitrogens with one attached hydrogen (secondary N) is 1. The standard InChI is InChI=1S/C11H23NO2/c1-4-6-7-8-12-9-10(5-2)11(13)14-3/h10,12H,4-9H2,1-3H3. The van der Waals surface area contributed by atoms with E-state index in [4.69, 9.17) is 4.74 Å². The van der Waals surface area contributed by atoms with Crippen LogP contribution in [0.4, 0.5) is 0 Å². The summed E-state index contributed by atoms with van der Waals surface area (Å²) >= 11 is 0. The molecule has 0 saturated carbocycles. The van der Waals surface area contributed by atoms with Crippen LogP contribution in [0.5, 0.6) is 0 Å². The van der Waals surface area contributed by atoms with Crippen molar-refractivity contribution in [2.24, 2.45) is 5.92 Å². The summed E-state index contributed by atoms with van der Waals surface area (Å²) in [5.74, 6) is -0.0860. The van der Waals surface area contributed by atoms with Gasteiger partial charge in [0.05, 0.1) is 13.0 Å². The molecule has 1 unspecified atom stereocenters. The fourth-order valence-corrected chi connectivity index (χ4v) is 1.34. The van der Waals surface area contributed by atoms with Crippen molar-refractivity contribution in [2.45, 2.75) is 39.5 Å². The summed E-state index contributed by atoms with van der Waals surface area (Å²) in [7, 11) is 1.45. The second-order valence-corrected chi connectivity index (χ2v) is 3.54. The molecule has 0 aromatic heterocycles. The first kappa shape index (κ1) is 13.4. The maximum atomic E-state index is 11.2. The van der Waals surface area contributed by atoms with Crippen LogP contribution in [0.15, 0.2) is 0 Å². The number of ether oxygens (including phenoxy) is 1. The van der Waals surface area contributed by atoms with Gasteiger partial charge < -0.3 is 10.1 Å². The van der Waals surface area contributed by atoms with E-state index in [-0.39, 0.29) is 11.9 Å². The maximum absolute atomic E-state index is 11.2. The second kappa shape index (κ2) is 9.00. The predicted octanol–water partition coefficient (Wildman–Crippen LogP) is 1.97. The molecule has 0 radical (unpaired) electrons. The minimum Gasteiger partial charge on any atom is -0.469 e. The topological polar surface area (TPSA) is 38.3 Å². The van der Waals surface area contributed by atoms with Crippen molar-refractivity contribution in [3.8, 4) is 0 Å². The molecule has 0 fully saturated rings. The molecule has 0 aliphatic rings. The molecule has 0 amide bonds. The molecule has 1 N–H and O–H groups in total. The Morgan fingerprint density at radius 2 is 2.07 bits per heavy atom. The minimum atomic E-state index is -0.101. The highest BCUT2D eigenvalue weighted by Crippen LogP contribution is 2.03. The molecule has 0 aliphatic carbocycles. The van der Waals surface area contributed by atoms with Crippen molar-refractivity contribution in [3.05, 3.63) is 0 Å². The first-order valence-corrected chi connectivity index (χ1v) is 5.54. The first-order chi connectivity index (χ1) is 6.76. The summed E-state index contributed by atoms with van der Waals surface area (Å²) in [4.78, 5) is 11.2. The highest BCUT2D eigenvalue weighted by atomic mass is 16.5. The van der Waals surface area contributed by atoms with E-state index in [1.807, 2.05) is 6.92 Å². The Kier molecular flexibility index (Phi) is 8.64. The van der Waals surface area contributed by atoms with Crippen molar-refractivity contribution in [3.63, 3.8) is 0 Å². The number of carbonyl (C=O) groups is 1. The molecule has 84 valence electrons. The average Bonchev–Trinajstić information content (AvgIpc) is 2.22. The van der Waals surface area contributed by atoms with Gasteiger partial charge in [-0.2, -0.15) is 0 Å². The lowest BCUT2D eigenvalue weighted by Crippen LogP contribution is -2.29. The number of hydrogen-bond donors (Lipinski definition) is 1. The molecule has 1 atom stereocenters. The van der Waals surface area contributed by atoms with E-state index >= 15 is 0 Å². The number of rotatable bonds is 8. The fraction of sp³-hybridized carbons (Fsp3) is 0.909. The molecule has 0 heterocycles. The van der Waals surface area contributed by atoms with Crippen molar-refractivity contribution < 1.29 is 9.53 Å². The summed E-state index contributed by atoms with van der Waals surface area (Å²) in [6.07, 6.45) is 4.51. The van der Waals surface area contributed by atoms with Crippen molar-refractivity contribution >= 4 is 5.97 Å². The molecule has 3 heteroatoms. The van der Waals surface area contributed by atoms with Gasteiger partial charge in [-0.25, -0.2) is 0 Å². The van der Waals surface area contributed by atoms with E-state index in [0.29, 0.717) is 0 Å². The van der Waals surface area contributed by atoms with Crippen LogP contribution in [0.25, 0.3) is 0 Å². The Balaban J connectivity index is 3.48. The zero-order chi connectivity index (χ0) is 10.8. The van der Waals surface area contributed by atoms with E-state index in [9.17, 15) is 4.79 Å². The van der Waals surface area contributed by atoms with Gasteiger partial charge in [0.2, 0.25) is 0 Å². The minimum absolute atomic E-state index is 0.0154. The average molecular weight is 201 g/mol. The lowest BCUT2D eigenvalue weighted by Gasteiger charge is -2.12. The third kappa shape index (κ3) is 5.97. The molecule has 0 bridgehead atoms. The number of hydrogen-bond acceptors (Lipinski definition) is 3. The largest absolute Gasteiger partial charge is 0.469 e. The van der Waals surface area contributed by atoms with Crippen LogP contribution in [0, 0.1) is 5.92 Å². The molecule has 0 aromatic rings. The van der Waals surface area contributed by atoms with E-state index in [2.05, 4.69) is 12.2 Å². The summed E-state index contributed by atoms with van der Waals surface area (Å²) in [5.41, 5.74) is 0. The van der Waals surface area contributed by atoms with Gasteiger partial charge in [-0.15, -0.1) is 0 Å². The molecule has 0 spiro atoms. The quantitative estimate of drug-likeness (QED) is 0.482. The second-order valence-electron chi connectivity index (χ2n) is 3.54. The number of unbranched alkanes of at least 4 members (excludes halogenated alkanes) is 2. The lowest BCUT2D eigenvalue weighted by atomic mass is 10.1. The SMILES string of the molecule is CCCCCNCC(CC)C(=O)OC. The zero-order valence-electron chi connectivity index (χ0n) is 9.64. The number of esters is 1. The van der Waals surface area contributed by atoms with E-state index in [1.165, 1.54) is 26.4 Å². The maximum Gasteiger partial charge on any atom is 0.309 e. The Morgan fingerprint density at radius 1 is 1.36 bits per heavy atom. The van der Waals surface area contributed by atoms with E-state index in [1.54, 1.807) is 0 Å². The third-order valence-corrected chi connectivity index (χ3v) is 2.38. The Morgan fingerprint density at radius 3 is 2.57 bits per heavy atom. The molecule has 0 aromatic carbocycles. The van der Waals surface area contributed by atoms with E-state index < -0.39 is 0 Å². The van der Waals surface area contributed by atoms with Crippen molar-refractivity contribution in [1.82, 2.24) is 5.32 Å². The normalized spacial score (nSPS) is 12.5. The van der Waals surface area contributed by atoms with Crippen molar-refractivity contribution in [1.29, 1.82) is 0 Å². The van der Waals surface area contributed by atoms with Crippen LogP contribution >= 0.6 is 0 Å². The predicted molar refractivity (Wildman–Crippen MR) is 58.2 cm³/mol. The van der Waals surface area contributed by atoms with Crippen LogP contribution in [0.1, 0.15) is 39.5 Å². The summed E-state index contributed by atoms with van der Waals surface area (Å²) in [6, 6.07) is 0. The monoisotopic (exact) mass is 201 g/mol. The molecule has 0 rings (SSSR count). The molecular weight excluding hydrogens is 178 g/mol. The summed E-state index contributed by atoms with van der Waals surface area (Å²) in [5, 5.41) is 3.29. The van der Waals surface area contributed by atoms with Gasteiger partial charge in [-0.3, -0.25) is 4.79 Å². The number of methoxy groups -OCH3 is 1. The van der Waals surface area contributed by atoms with Crippen LogP contribution in [-0.2, 0) is 9.53 Å². The Labute approximate surface area is 87.2 Å². The van der Waals surface area contributed by atoms with Crippen LogP contribution < -0.4 is 5.32 Å². The molecule has 0 aliphatic heterocycles. The molecular formula is C11H23NO2. The molecule has 14 heavy (non-hydrogen) atoms. The smallest absolute Gasteiger partial charge is 0.309 e. The van der Waals surface area contributed by atoms with Crippen LogP contribution in [-0.4, -0.2) is 26.2 Å². The van der Waals surface area contributed by atoms with Crippen LogP contribution in [0.3, 0.4) is 0 Å². The molecule has 0 saturated heterocycles. The van der Waals surface area contributed by atoms with Gasteiger partial charge >= 0.3 is 5.97 Å². The Bertz CT molecular complexity index is 148. The molecule has 3 nitrogen and oxygen atoms in total. The van der Waals surface area contributed by atoms with Gasteiger partial charge in [0.1, 0.15) is 0 Å². The Hall–Kier alpha value is -0.570. The third-order valence-electron chi connectivity index (χ3n) is 2.38. The number of carbonyl (C=O) groups excluding carboxylic acids is 1. The van der Waals surface area contributed by atoms with Gasteiger partial charge in [0.15, 0.2) is 0 Å². The highest BCUT2D eigenvalue weighted by molar-refractivity contribution is 5.72. The van der Waals surface area contributed by atoms with E-state index in [0.717, 1.165) is 19.5 Å². The van der Waals surface area contributed by atoms with Gasteiger partial charge in [0.25, 0.3) is 0 Å². The lowest BCUT2D eigenvalue weighted by molar-refractivity contribution is -0.145. The zero-order valence-corrected chi connectivity index (χ0v) is 9.64. The van der Waals surface area contributed by atoms with Crippen LogP contribution in [0.2, 0.25) is 0 Å². The van der Waals surface area contributed by atoms with Gasteiger partial charge in [-0.05, 0) is 19.4 Å². The fourth-order valence-electron chi connectivity index (χ4n) is 1.34. The van der Waals surface area contributed by atoms with Crippen molar-refractivity contribution in [2.75, 3.05) is 20.2 Å². The first-order valence-electron chi connectivity index (χ1n) is 5.54. The van der Waals surface area contributed by atoms with Gasteiger partial charge in [0, 0.05) is 6.54 Å².